The van der Waals surface area contributed by atoms with E-state index in [2.05, 4.69) is 20.8 Å². The molecule has 0 atom stereocenters. The lowest BCUT2D eigenvalue weighted by Gasteiger charge is -2.19. The standard InChI is InChI=1S/C5H12N/c1-5(2,3)4-6/h6H,4H2,1-3H3/q-1. The van der Waals surface area contributed by atoms with Crippen molar-refractivity contribution in [1.82, 2.24) is 0 Å². The van der Waals surface area contributed by atoms with Crippen LogP contribution in [-0.4, -0.2) is 6.54 Å². The zero-order valence-corrected chi connectivity index (χ0v) is 4.71. The molecule has 6 heavy (non-hydrogen) atoms. The van der Waals surface area contributed by atoms with Gasteiger partial charge < -0.3 is 5.73 Å². The molecule has 0 saturated heterocycles. The second-order valence-corrected chi connectivity index (χ2v) is 2.74. The Balaban J connectivity index is 3.17. The first-order valence-electron chi connectivity index (χ1n) is 2.21. The molecule has 0 rings (SSSR count). The summed E-state index contributed by atoms with van der Waals surface area (Å²) in [5.41, 5.74) is 7.06. The Bertz CT molecular complexity index is 33.7. The first-order valence-corrected chi connectivity index (χ1v) is 2.21. The van der Waals surface area contributed by atoms with Crippen LogP contribution in [0, 0.1) is 5.41 Å². The molecule has 0 radical (unpaired) electrons. The summed E-state index contributed by atoms with van der Waals surface area (Å²) in [6.07, 6.45) is 0. The first-order chi connectivity index (χ1) is 2.56. The van der Waals surface area contributed by atoms with Crippen molar-refractivity contribution in [3.8, 4) is 0 Å². The molecule has 0 aliphatic heterocycles. The van der Waals surface area contributed by atoms with Gasteiger partial charge in [0.1, 0.15) is 0 Å². The van der Waals surface area contributed by atoms with Crippen LogP contribution in [-0.2, 0) is 0 Å². The maximum Gasteiger partial charge on any atom is -0.0573 e. The summed E-state index contributed by atoms with van der Waals surface area (Å²) < 4.78 is 0. The lowest BCUT2D eigenvalue weighted by Crippen LogP contribution is -2.06. The number of hydrogen-bond acceptors (Lipinski definition) is 0. The fourth-order valence-corrected chi connectivity index (χ4v) is 0. The normalized spacial score (nSPS) is 12.0. The quantitative estimate of drug-likeness (QED) is 0.431. The summed E-state index contributed by atoms with van der Waals surface area (Å²) in [5, 5.41) is 0. The fourth-order valence-electron chi connectivity index (χ4n) is 0. The first kappa shape index (κ1) is 5.96. The van der Waals surface area contributed by atoms with E-state index in [1.54, 1.807) is 0 Å². The average molecular weight is 86.2 g/mol. The van der Waals surface area contributed by atoms with E-state index in [0.717, 1.165) is 0 Å². The smallest absolute Gasteiger partial charge is 0.0573 e. The van der Waals surface area contributed by atoms with E-state index in [4.69, 9.17) is 5.73 Å². The van der Waals surface area contributed by atoms with Crippen LogP contribution in [0.2, 0.25) is 0 Å². The topological polar surface area (TPSA) is 23.8 Å². The highest BCUT2D eigenvalue weighted by atomic mass is 14.6. The molecule has 0 aromatic carbocycles. The molecule has 0 unspecified atom stereocenters. The Kier molecular flexibility index (Phi) is 1.59. The lowest BCUT2D eigenvalue weighted by molar-refractivity contribution is 0.457. The Labute approximate surface area is 39.5 Å². The Morgan fingerprint density at radius 1 is 1.33 bits per heavy atom. The summed E-state index contributed by atoms with van der Waals surface area (Å²) in [6.45, 7) is 6.69. The van der Waals surface area contributed by atoms with Crippen molar-refractivity contribution in [2.75, 3.05) is 6.54 Å². The molecule has 0 heterocycles. The van der Waals surface area contributed by atoms with Crippen molar-refractivity contribution in [2.45, 2.75) is 20.8 Å². The minimum atomic E-state index is 0.208. The van der Waals surface area contributed by atoms with Gasteiger partial charge in [-0.2, -0.15) is 0 Å². The summed E-state index contributed by atoms with van der Waals surface area (Å²) in [5.74, 6) is 0. The summed E-state index contributed by atoms with van der Waals surface area (Å²) in [7, 11) is 0. The molecule has 0 bridgehead atoms. The van der Waals surface area contributed by atoms with Crippen LogP contribution in [0.15, 0.2) is 0 Å². The average Bonchev–Trinajstić information content (AvgIpc) is 1.35. The molecule has 0 fully saturated rings. The third-order valence-electron chi connectivity index (χ3n) is 0.530. The van der Waals surface area contributed by atoms with Crippen LogP contribution in [0.4, 0.5) is 0 Å². The minimum Gasteiger partial charge on any atom is -0.677 e. The maximum atomic E-state index is 6.85. The van der Waals surface area contributed by atoms with Gasteiger partial charge in [0.2, 0.25) is 0 Å². The van der Waals surface area contributed by atoms with Crippen LogP contribution < -0.4 is 0 Å². The maximum absolute atomic E-state index is 6.85. The molecular weight excluding hydrogens is 74.1 g/mol. The van der Waals surface area contributed by atoms with Crippen molar-refractivity contribution in [3.05, 3.63) is 5.73 Å². The largest absolute Gasteiger partial charge is 0.677 e. The number of nitrogens with one attached hydrogen (secondary N) is 1. The highest BCUT2D eigenvalue weighted by molar-refractivity contribution is 4.68. The predicted molar refractivity (Wildman–Crippen MR) is 28.6 cm³/mol. The molecule has 0 saturated carbocycles. The molecule has 0 aliphatic carbocycles. The Morgan fingerprint density at radius 2 is 1.50 bits per heavy atom. The highest BCUT2D eigenvalue weighted by Gasteiger charge is 1.98. The van der Waals surface area contributed by atoms with Gasteiger partial charge in [-0.3, -0.25) is 0 Å². The zero-order chi connectivity index (χ0) is 5.21. The lowest BCUT2D eigenvalue weighted by atomic mass is 9.98. The molecule has 0 aromatic rings. The molecule has 0 spiro atoms. The Hall–Kier alpha value is -0.0400. The van der Waals surface area contributed by atoms with Gasteiger partial charge in [-0.1, -0.05) is 26.2 Å². The molecule has 0 aliphatic rings. The number of hydrogen-bond donors (Lipinski definition) is 0. The molecule has 1 N–H and O–H groups in total. The summed E-state index contributed by atoms with van der Waals surface area (Å²) in [4.78, 5) is 0. The van der Waals surface area contributed by atoms with Crippen molar-refractivity contribution in [1.29, 1.82) is 0 Å². The molecule has 0 amide bonds. The van der Waals surface area contributed by atoms with Gasteiger partial charge in [-0.15, -0.1) is 6.54 Å². The van der Waals surface area contributed by atoms with Crippen molar-refractivity contribution >= 4 is 0 Å². The van der Waals surface area contributed by atoms with Crippen LogP contribution in [0.25, 0.3) is 5.73 Å². The predicted octanol–water partition coefficient (Wildman–Crippen LogP) is 2.08. The van der Waals surface area contributed by atoms with Gasteiger partial charge in [0.05, 0.1) is 0 Å². The van der Waals surface area contributed by atoms with Gasteiger partial charge >= 0.3 is 0 Å². The van der Waals surface area contributed by atoms with Gasteiger partial charge in [0, 0.05) is 0 Å². The van der Waals surface area contributed by atoms with Crippen molar-refractivity contribution in [2.24, 2.45) is 5.41 Å². The fraction of sp³-hybridized carbons (Fsp3) is 1.00. The molecule has 38 valence electrons. The third kappa shape index (κ3) is 3.96. The van der Waals surface area contributed by atoms with E-state index in [-0.39, 0.29) is 5.41 Å². The van der Waals surface area contributed by atoms with Crippen LogP contribution >= 0.6 is 0 Å². The monoisotopic (exact) mass is 86.1 g/mol. The second-order valence-electron chi connectivity index (χ2n) is 2.74. The van der Waals surface area contributed by atoms with Crippen molar-refractivity contribution in [3.63, 3.8) is 0 Å². The zero-order valence-electron chi connectivity index (χ0n) is 4.71. The van der Waals surface area contributed by atoms with Crippen LogP contribution in [0.3, 0.4) is 0 Å². The SMILES string of the molecule is CC(C)(C)C[NH-]. The van der Waals surface area contributed by atoms with E-state index >= 15 is 0 Å². The summed E-state index contributed by atoms with van der Waals surface area (Å²) >= 11 is 0. The van der Waals surface area contributed by atoms with Crippen molar-refractivity contribution < 1.29 is 0 Å². The molecule has 1 nitrogen and oxygen atoms in total. The van der Waals surface area contributed by atoms with E-state index in [1.807, 2.05) is 0 Å². The highest BCUT2D eigenvalue weighted by Crippen LogP contribution is 2.10. The Morgan fingerprint density at radius 3 is 1.50 bits per heavy atom. The molecule has 0 aromatic heterocycles. The third-order valence-corrected chi connectivity index (χ3v) is 0.530. The number of rotatable bonds is 0. The van der Waals surface area contributed by atoms with Gasteiger partial charge in [0.25, 0.3) is 0 Å². The van der Waals surface area contributed by atoms with Gasteiger partial charge in [-0.25, -0.2) is 0 Å². The van der Waals surface area contributed by atoms with E-state index in [0.29, 0.717) is 6.54 Å². The van der Waals surface area contributed by atoms with E-state index < -0.39 is 0 Å². The van der Waals surface area contributed by atoms with E-state index in [1.165, 1.54) is 0 Å². The van der Waals surface area contributed by atoms with Gasteiger partial charge in [-0.05, 0) is 0 Å². The van der Waals surface area contributed by atoms with E-state index in [9.17, 15) is 0 Å². The second kappa shape index (κ2) is 1.61. The molecule has 1 heteroatoms. The van der Waals surface area contributed by atoms with Gasteiger partial charge in [0.15, 0.2) is 0 Å². The van der Waals surface area contributed by atoms with Crippen LogP contribution in [0.5, 0.6) is 0 Å². The van der Waals surface area contributed by atoms with Crippen LogP contribution in [0.1, 0.15) is 20.8 Å². The molecular formula is C5H12N-. The summed E-state index contributed by atoms with van der Waals surface area (Å²) in [6, 6.07) is 0. The minimum absolute atomic E-state index is 0.208.